The molecule has 1 atom stereocenters. The number of nitrogens with one attached hydrogen (secondary N) is 1. The molecule has 9 nitrogen and oxygen atoms in total. The number of carbonyl (C=O) groups excluding carboxylic acids is 1. The Labute approximate surface area is 123 Å². The van der Waals surface area contributed by atoms with Crippen LogP contribution in [0.3, 0.4) is 0 Å². The fourth-order valence-corrected chi connectivity index (χ4v) is 3.28. The lowest BCUT2D eigenvalue weighted by Crippen LogP contribution is -2.28. The summed E-state index contributed by atoms with van der Waals surface area (Å²) in [5.41, 5.74) is -1.21. The molecule has 11 heteroatoms. The molecule has 1 unspecified atom stereocenters. The van der Waals surface area contributed by atoms with Gasteiger partial charge in [0, 0.05) is 6.54 Å². The first-order valence-corrected chi connectivity index (χ1v) is 10.0. The highest BCUT2D eigenvalue weighted by Gasteiger charge is 2.30. The topological polar surface area (TPSA) is 153 Å². The van der Waals surface area contributed by atoms with E-state index >= 15 is 0 Å². The van der Waals surface area contributed by atoms with Crippen molar-refractivity contribution in [2.75, 3.05) is 19.3 Å². The van der Waals surface area contributed by atoms with Crippen LogP contribution < -0.4 is 5.32 Å². The Morgan fingerprint density at radius 3 is 2.29 bits per heavy atom. The number of unbranched alkanes of at least 4 members (excludes halogenated alkanes) is 1. The van der Waals surface area contributed by atoms with E-state index in [2.05, 4.69) is 5.32 Å². The molecule has 0 aliphatic carbocycles. The summed E-state index contributed by atoms with van der Waals surface area (Å²) >= 11 is 0. The molecular weight excluding hydrogens is 324 g/mol. The van der Waals surface area contributed by atoms with E-state index in [1.165, 1.54) is 0 Å². The van der Waals surface area contributed by atoms with Gasteiger partial charge in [-0.25, -0.2) is 4.79 Å². The zero-order chi connectivity index (χ0) is 16.5. The van der Waals surface area contributed by atoms with Gasteiger partial charge in [0.2, 0.25) is 0 Å². The molecule has 1 amide bonds. The second-order valence-corrected chi connectivity index (χ2v) is 8.31. The van der Waals surface area contributed by atoms with E-state index in [4.69, 9.17) is 24.3 Å². The summed E-state index contributed by atoms with van der Waals surface area (Å²) in [5.74, 6) is 0. The van der Waals surface area contributed by atoms with Crippen LogP contribution in [-0.4, -0.2) is 50.6 Å². The number of rotatable bonds is 10. The normalized spacial score (nSPS) is 13.8. The van der Waals surface area contributed by atoms with Crippen molar-refractivity contribution in [1.82, 2.24) is 5.32 Å². The Morgan fingerprint density at radius 1 is 1.19 bits per heavy atom. The van der Waals surface area contributed by atoms with Crippen molar-refractivity contribution in [2.45, 2.75) is 38.3 Å². The molecule has 0 aromatic heterocycles. The number of hydrogen-bond donors (Lipinski definition) is 5. The van der Waals surface area contributed by atoms with Crippen LogP contribution in [0.25, 0.3) is 0 Å². The number of amides is 1. The van der Waals surface area contributed by atoms with Gasteiger partial charge >= 0.3 is 21.3 Å². The third kappa shape index (κ3) is 11.9. The molecule has 0 aliphatic heterocycles. The third-order valence-electron chi connectivity index (χ3n) is 2.71. The van der Waals surface area contributed by atoms with Crippen molar-refractivity contribution in [3.8, 4) is 0 Å². The number of hydrogen-bond acceptors (Lipinski definition) is 4. The van der Waals surface area contributed by atoms with Crippen molar-refractivity contribution < 1.29 is 38.2 Å². The summed E-state index contributed by atoms with van der Waals surface area (Å²) in [6, 6.07) is 0. The second-order valence-electron chi connectivity index (χ2n) is 4.62. The van der Waals surface area contributed by atoms with E-state index in [9.17, 15) is 13.9 Å². The lowest BCUT2D eigenvalue weighted by atomic mass is 10.2. The van der Waals surface area contributed by atoms with Gasteiger partial charge in [-0.1, -0.05) is 13.3 Å². The van der Waals surface area contributed by atoms with Gasteiger partial charge in [-0.05, 0) is 19.3 Å². The van der Waals surface area contributed by atoms with Gasteiger partial charge in [-0.15, -0.1) is 0 Å². The van der Waals surface area contributed by atoms with Crippen molar-refractivity contribution in [3.63, 3.8) is 0 Å². The Bertz CT molecular complexity index is 404. The maximum absolute atomic E-state index is 11.2. The Kier molecular flexibility index (Phi) is 9.36. The van der Waals surface area contributed by atoms with Crippen LogP contribution in [0.5, 0.6) is 0 Å². The zero-order valence-corrected chi connectivity index (χ0v) is 13.6. The first-order valence-electron chi connectivity index (χ1n) is 6.56. The average Bonchev–Trinajstić information content (AvgIpc) is 2.31. The Morgan fingerprint density at radius 2 is 1.81 bits per heavy atom. The van der Waals surface area contributed by atoms with Crippen molar-refractivity contribution in [2.24, 2.45) is 0 Å². The smallest absolute Gasteiger partial charge is 0.407 e. The molecule has 0 bridgehead atoms. The standard InChI is InChI=1S/C10H23NO8P2/c1-2-3-7-19-10(12)11-6-4-9(21(16,17)18)5-8-20(13,14)15/h9H,2-8H2,1H3,(H,11,12)(H2,13,14,15)(H2,16,17,18). The molecule has 0 aliphatic rings. The van der Waals surface area contributed by atoms with Crippen LogP contribution in [-0.2, 0) is 13.9 Å². The van der Waals surface area contributed by atoms with Gasteiger partial charge < -0.3 is 29.6 Å². The van der Waals surface area contributed by atoms with Crippen LogP contribution in [0.2, 0.25) is 0 Å². The lowest BCUT2D eigenvalue weighted by Gasteiger charge is -2.18. The summed E-state index contributed by atoms with van der Waals surface area (Å²) < 4.78 is 26.8. The largest absolute Gasteiger partial charge is 0.450 e. The van der Waals surface area contributed by atoms with E-state index in [1.807, 2.05) is 6.92 Å². The third-order valence-corrected chi connectivity index (χ3v) is 5.02. The fourth-order valence-electron chi connectivity index (χ4n) is 1.50. The van der Waals surface area contributed by atoms with Crippen molar-refractivity contribution >= 4 is 21.3 Å². The summed E-state index contributed by atoms with van der Waals surface area (Å²) in [4.78, 5) is 46.9. The monoisotopic (exact) mass is 347 g/mol. The molecular formula is C10H23NO8P2. The molecule has 21 heavy (non-hydrogen) atoms. The van der Waals surface area contributed by atoms with Gasteiger partial charge in [0.25, 0.3) is 0 Å². The van der Waals surface area contributed by atoms with Crippen molar-refractivity contribution in [1.29, 1.82) is 0 Å². The van der Waals surface area contributed by atoms with E-state index in [0.717, 1.165) is 12.8 Å². The van der Waals surface area contributed by atoms with E-state index in [0.29, 0.717) is 0 Å². The zero-order valence-electron chi connectivity index (χ0n) is 11.8. The quantitative estimate of drug-likeness (QED) is 0.290. The highest BCUT2D eigenvalue weighted by atomic mass is 31.2. The lowest BCUT2D eigenvalue weighted by molar-refractivity contribution is 0.144. The fraction of sp³-hybridized carbons (Fsp3) is 0.900. The maximum atomic E-state index is 11.2. The predicted molar refractivity (Wildman–Crippen MR) is 76.2 cm³/mol. The van der Waals surface area contributed by atoms with Crippen molar-refractivity contribution in [3.05, 3.63) is 0 Å². The molecule has 0 saturated heterocycles. The van der Waals surface area contributed by atoms with Gasteiger partial charge in [0.1, 0.15) is 0 Å². The molecule has 0 rings (SSSR count). The Hall–Kier alpha value is -0.430. The minimum atomic E-state index is -4.48. The van der Waals surface area contributed by atoms with E-state index in [-0.39, 0.29) is 26.0 Å². The molecule has 0 saturated carbocycles. The molecule has 0 fully saturated rings. The molecule has 0 radical (unpaired) electrons. The van der Waals surface area contributed by atoms with Crippen LogP contribution in [0.4, 0.5) is 4.79 Å². The van der Waals surface area contributed by atoms with Crippen LogP contribution in [0.15, 0.2) is 0 Å². The minimum absolute atomic E-state index is 0.0398. The summed E-state index contributed by atoms with van der Waals surface area (Å²) in [6.45, 7) is 2.16. The first-order chi connectivity index (χ1) is 9.56. The van der Waals surface area contributed by atoms with E-state index < -0.39 is 33.1 Å². The van der Waals surface area contributed by atoms with Crippen LogP contribution >= 0.6 is 15.2 Å². The molecule has 5 N–H and O–H groups in total. The molecule has 0 heterocycles. The summed E-state index contributed by atoms with van der Waals surface area (Å²) in [5, 5.41) is 2.34. The molecule has 0 spiro atoms. The van der Waals surface area contributed by atoms with Crippen LogP contribution in [0, 0.1) is 0 Å². The van der Waals surface area contributed by atoms with Gasteiger partial charge in [-0.2, -0.15) is 0 Å². The van der Waals surface area contributed by atoms with Gasteiger partial charge in [0.15, 0.2) is 0 Å². The summed E-state index contributed by atoms with van der Waals surface area (Å²) in [7, 11) is -8.80. The highest BCUT2D eigenvalue weighted by molar-refractivity contribution is 7.53. The maximum Gasteiger partial charge on any atom is 0.407 e. The van der Waals surface area contributed by atoms with Gasteiger partial charge in [-0.3, -0.25) is 9.13 Å². The van der Waals surface area contributed by atoms with E-state index in [1.54, 1.807) is 0 Å². The second kappa shape index (κ2) is 9.56. The molecule has 0 aromatic carbocycles. The predicted octanol–water partition coefficient (Wildman–Crippen LogP) is 1.02. The average molecular weight is 347 g/mol. The minimum Gasteiger partial charge on any atom is -0.450 e. The summed E-state index contributed by atoms with van der Waals surface area (Å²) in [6.07, 6.45) is -0.0998. The first kappa shape index (κ1) is 20.6. The number of carbonyl (C=O) groups is 1. The highest BCUT2D eigenvalue weighted by Crippen LogP contribution is 2.47. The van der Waals surface area contributed by atoms with Crippen LogP contribution in [0.1, 0.15) is 32.6 Å². The SMILES string of the molecule is CCCCOC(=O)NCCC(CCP(=O)(O)O)P(=O)(O)O. The molecule has 126 valence electrons. The number of alkyl carbamates (subject to hydrolysis) is 1. The molecule has 0 aromatic rings. The van der Waals surface area contributed by atoms with Gasteiger partial charge in [0.05, 0.1) is 18.4 Å². The Balaban J connectivity index is 4.17. The number of ether oxygens (including phenoxy) is 1.